The number of nitrogens with zero attached hydrogens (tertiary/aromatic N) is 2. The van der Waals surface area contributed by atoms with Crippen molar-refractivity contribution in [2.45, 2.75) is 52.5 Å². The maximum Gasteiger partial charge on any atom is 0.272 e. The SMILES string of the molecule is CCCC(C)C(=O)N1CCc2[nH]nc(C(=O)NCCCc3ccccc3)c2C1. The lowest BCUT2D eigenvalue weighted by Gasteiger charge is -2.29. The highest BCUT2D eigenvalue weighted by atomic mass is 16.2. The van der Waals surface area contributed by atoms with Gasteiger partial charge < -0.3 is 10.2 Å². The number of aryl methyl sites for hydroxylation is 1. The van der Waals surface area contributed by atoms with Gasteiger partial charge in [-0.1, -0.05) is 50.6 Å². The molecule has 2 N–H and O–H groups in total. The topological polar surface area (TPSA) is 78.1 Å². The summed E-state index contributed by atoms with van der Waals surface area (Å²) >= 11 is 0. The van der Waals surface area contributed by atoms with Gasteiger partial charge in [0.25, 0.3) is 5.91 Å². The molecule has 0 spiro atoms. The van der Waals surface area contributed by atoms with E-state index in [1.165, 1.54) is 5.56 Å². The van der Waals surface area contributed by atoms with Crippen LogP contribution in [-0.4, -0.2) is 40.0 Å². The molecule has 2 amide bonds. The standard InChI is InChI=1S/C22H30N4O2/c1-3-8-16(2)22(28)26-14-12-19-18(15-26)20(25-24-19)21(27)23-13-7-11-17-9-5-4-6-10-17/h4-6,9-10,16H,3,7-8,11-15H2,1-2H3,(H,23,27)(H,24,25). The van der Waals surface area contributed by atoms with Crippen LogP contribution in [0, 0.1) is 5.92 Å². The Morgan fingerprint density at radius 2 is 2.07 bits per heavy atom. The number of hydrogen-bond donors (Lipinski definition) is 2. The van der Waals surface area contributed by atoms with Gasteiger partial charge in [0.05, 0.1) is 0 Å². The number of carbonyl (C=O) groups is 2. The lowest BCUT2D eigenvalue weighted by atomic mass is 10.0. The summed E-state index contributed by atoms with van der Waals surface area (Å²) in [5.74, 6) is 0.0260. The zero-order chi connectivity index (χ0) is 19.9. The van der Waals surface area contributed by atoms with Gasteiger partial charge in [0, 0.05) is 43.2 Å². The van der Waals surface area contributed by atoms with Crippen LogP contribution in [0.3, 0.4) is 0 Å². The summed E-state index contributed by atoms with van der Waals surface area (Å²) in [7, 11) is 0. The molecule has 1 aliphatic heterocycles. The third-order valence-corrected chi connectivity index (χ3v) is 5.37. The summed E-state index contributed by atoms with van der Waals surface area (Å²) in [6.45, 7) is 5.82. The molecule has 1 aromatic heterocycles. The van der Waals surface area contributed by atoms with Crippen LogP contribution in [-0.2, 0) is 24.2 Å². The molecule has 0 radical (unpaired) electrons. The number of rotatable bonds is 8. The molecule has 1 aliphatic rings. The molecule has 2 aromatic rings. The Hall–Kier alpha value is -2.63. The van der Waals surface area contributed by atoms with E-state index < -0.39 is 0 Å². The van der Waals surface area contributed by atoms with E-state index in [2.05, 4.69) is 34.6 Å². The predicted octanol–water partition coefficient (Wildman–Crippen LogP) is 3.09. The van der Waals surface area contributed by atoms with Crippen molar-refractivity contribution in [2.75, 3.05) is 13.1 Å². The molecule has 1 unspecified atom stereocenters. The molecule has 1 atom stereocenters. The first kappa shape index (κ1) is 20.1. The lowest BCUT2D eigenvalue weighted by Crippen LogP contribution is -2.39. The van der Waals surface area contributed by atoms with Crippen molar-refractivity contribution >= 4 is 11.8 Å². The highest BCUT2D eigenvalue weighted by Gasteiger charge is 2.29. The molecule has 0 aliphatic carbocycles. The van der Waals surface area contributed by atoms with Gasteiger partial charge in [-0.05, 0) is 24.8 Å². The van der Waals surface area contributed by atoms with Crippen molar-refractivity contribution in [2.24, 2.45) is 5.92 Å². The first-order valence-corrected chi connectivity index (χ1v) is 10.3. The van der Waals surface area contributed by atoms with Crippen molar-refractivity contribution < 1.29 is 9.59 Å². The summed E-state index contributed by atoms with van der Waals surface area (Å²) in [4.78, 5) is 27.1. The van der Waals surface area contributed by atoms with Crippen LogP contribution < -0.4 is 5.32 Å². The summed E-state index contributed by atoms with van der Waals surface area (Å²) in [5.41, 5.74) is 3.53. The van der Waals surface area contributed by atoms with E-state index in [1.54, 1.807) is 0 Å². The van der Waals surface area contributed by atoms with Crippen molar-refractivity contribution in [1.29, 1.82) is 0 Å². The van der Waals surface area contributed by atoms with Crippen molar-refractivity contribution in [3.8, 4) is 0 Å². The number of hydrogen-bond acceptors (Lipinski definition) is 3. The number of amides is 2. The van der Waals surface area contributed by atoms with Gasteiger partial charge >= 0.3 is 0 Å². The fourth-order valence-electron chi connectivity index (χ4n) is 3.76. The molecule has 3 rings (SSSR count). The maximum absolute atomic E-state index is 12.6. The van der Waals surface area contributed by atoms with E-state index in [0.29, 0.717) is 31.7 Å². The van der Waals surface area contributed by atoms with Crippen LogP contribution in [0.5, 0.6) is 0 Å². The molecule has 6 heteroatoms. The molecule has 2 heterocycles. The Morgan fingerprint density at radius 3 is 2.82 bits per heavy atom. The Balaban J connectivity index is 1.55. The number of aromatic nitrogens is 2. The molecule has 6 nitrogen and oxygen atoms in total. The van der Waals surface area contributed by atoms with Crippen molar-refractivity contribution in [1.82, 2.24) is 20.4 Å². The largest absolute Gasteiger partial charge is 0.351 e. The molecular formula is C22H30N4O2. The second-order valence-electron chi connectivity index (χ2n) is 7.57. The lowest BCUT2D eigenvalue weighted by molar-refractivity contribution is -0.136. The molecule has 150 valence electrons. The third-order valence-electron chi connectivity index (χ3n) is 5.37. The van der Waals surface area contributed by atoms with E-state index in [4.69, 9.17) is 0 Å². The minimum absolute atomic E-state index is 0.0220. The summed E-state index contributed by atoms with van der Waals surface area (Å²) in [5, 5.41) is 10.2. The van der Waals surface area contributed by atoms with Crippen LogP contribution in [0.4, 0.5) is 0 Å². The zero-order valence-corrected chi connectivity index (χ0v) is 16.8. The van der Waals surface area contributed by atoms with Gasteiger partial charge in [-0.15, -0.1) is 0 Å². The van der Waals surface area contributed by atoms with Gasteiger partial charge in [-0.3, -0.25) is 14.7 Å². The van der Waals surface area contributed by atoms with Gasteiger partial charge in [-0.25, -0.2) is 0 Å². The maximum atomic E-state index is 12.6. The summed E-state index contributed by atoms with van der Waals surface area (Å²) in [6.07, 6.45) is 4.41. The predicted molar refractivity (Wildman–Crippen MR) is 109 cm³/mol. The second-order valence-corrected chi connectivity index (χ2v) is 7.57. The first-order chi connectivity index (χ1) is 13.6. The molecule has 28 heavy (non-hydrogen) atoms. The smallest absolute Gasteiger partial charge is 0.272 e. The summed E-state index contributed by atoms with van der Waals surface area (Å²) in [6, 6.07) is 10.2. The fraction of sp³-hybridized carbons (Fsp3) is 0.500. The van der Waals surface area contributed by atoms with Gasteiger partial charge in [-0.2, -0.15) is 5.10 Å². The van der Waals surface area contributed by atoms with E-state index in [1.807, 2.05) is 30.0 Å². The molecule has 1 aromatic carbocycles. The van der Waals surface area contributed by atoms with Crippen molar-refractivity contribution in [3.63, 3.8) is 0 Å². The van der Waals surface area contributed by atoms with Gasteiger partial charge in [0.2, 0.25) is 5.91 Å². The minimum Gasteiger partial charge on any atom is -0.351 e. The van der Waals surface area contributed by atoms with Crippen LogP contribution in [0.1, 0.15) is 60.4 Å². The van der Waals surface area contributed by atoms with Crippen LogP contribution in [0.15, 0.2) is 30.3 Å². The van der Waals surface area contributed by atoms with Crippen LogP contribution >= 0.6 is 0 Å². The Morgan fingerprint density at radius 1 is 1.29 bits per heavy atom. The Bertz CT molecular complexity index is 800. The molecule has 0 fully saturated rings. The van der Waals surface area contributed by atoms with E-state index in [0.717, 1.165) is 36.9 Å². The second kappa shape index (κ2) is 9.53. The Kier molecular flexibility index (Phi) is 6.85. The Labute approximate surface area is 166 Å². The normalized spacial score (nSPS) is 14.4. The van der Waals surface area contributed by atoms with E-state index >= 15 is 0 Å². The monoisotopic (exact) mass is 382 g/mol. The first-order valence-electron chi connectivity index (χ1n) is 10.3. The average molecular weight is 383 g/mol. The summed E-state index contributed by atoms with van der Waals surface area (Å²) < 4.78 is 0. The highest BCUT2D eigenvalue weighted by Crippen LogP contribution is 2.22. The number of H-pyrrole nitrogens is 1. The fourth-order valence-corrected chi connectivity index (χ4v) is 3.76. The van der Waals surface area contributed by atoms with Crippen molar-refractivity contribution in [3.05, 3.63) is 52.8 Å². The number of benzene rings is 1. The van der Waals surface area contributed by atoms with Gasteiger partial charge in [0.15, 0.2) is 5.69 Å². The number of aromatic amines is 1. The highest BCUT2D eigenvalue weighted by molar-refractivity contribution is 5.94. The number of nitrogens with one attached hydrogen (secondary N) is 2. The molecule has 0 saturated carbocycles. The molecule has 0 bridgehead atoms. The molecule has 0 saturated heterocycles. The van der Waals surface area contributed by atoms with E-state index in [9.17, 15) is 9.59 Å². The van der Waals surface area contributed by atoms with Gasteiger partial charge in [0.1, 0.15) is 0 Å². The number of carbonyl (C=O) groups excluding carboxylic acids is 2. The number of fused-ring (bicyclic) bond motifs is 1. The van der Waals surface area contributed by atoms with Crippen LogP contribution in [0.2, 0.25) is 0 Å². The quantitative estimate of drug-likeness (QED) is 0.689. The third kappa shape index (κ3) is 4.80. The minimum atomic E-state index is -0.165. The average Bonchev–Trinajstić information content (AvgIpc) is 3.14. The van der Waals surface area contributed by atoms with E-state index in [-0.39, 0.29) is 17.7 Å². The zero-order valence-electron chi connectivity index (χ0n) is 16.8. The van der Waals surface area contributed by atoms with Crippen LogP contribution in [0.25, 0.3) is 0 Å². The molecular weight excluding hydrogens is 352 g/mol.